The van der Waals surface area contributed by atoms with Crippen LogP contribution in [0.15, 0.2) is 29.8 Å². The zero-order chi connectivity index (χ0) is 26.1. The normalized spacial score (nSPS) is 13.1. The number of hydrogen-bond acceptors (Lipinski definition) is 7. The third kappa shape index (κ3) is 5.99. The Morgan fingerprint density at radius 1 is 1.17 bits per heavy atom. The van der Waals surface area contributed by atoms with Crippen molar-refractivity contribution < 1.29 is 32.6 Å². The number of benzene rings is 1. The first kappa shape index (κ1) is 26.2. The summed E-state index contributed by atoms with van der Waals surface area (Å²) in [5.74, 6) is -1.98. The monoisotopic (exact) mass is 510 g/mol. The number of aromatic nitrogens is 2. The van der Waals surface area contributed by atoms with Crippen molar-refractivity contribution in [1.82, 2.24) is 15.3 Å². The highest BCUT2D eigenvalue weighted by Crippen LogP contribution is 2.40. The van der Waals surface area contributed by atoms with E-state index < -0.39 is 52.6 Å². The molecule has 0 aliphatic carbocycles. The number of amides is 2. The van der Waals surface area contributed by atoms with Gasteiger partial charge in [0.05, 0.1) is 22.8 Å². The summed E-state index contributed by atoms with van der Waals surface area (Å²) in [7, 11) is 0. The van der Waals surface area contributed by atoms with Gasteiger partial charge in [0.2, 0.25) is 0 Å². The second-order valence-electron chi connectivity index (χ2n) is 9.08. The summed E-state index contributed by atoms with van der Waals surface area (Å²) in [6.07, 6.45) is -4.17. The van der Waals surface area contributed by atoms with Crippen LogP contribution < -0.4 is 10.6 Å². The average molecular weight is 511 g/mol. The number of thiazole rings is 1. The Hall–Kier alpha value is -3.41. The van der Waals surface area contributed by atoms with E-state index in [1.54, 1.807) is 40.0 Å². The van der Waals surface area contributed by atoms with Crippen LogP contribution in [0.1, 0.15) is 62.3 Å². The van der Waals surface area contributed by atoms with Crippen molar-refractivity contribution >= 4 is 39.4 Å². The first-order chi connectivity index (χ1) is 16.2. The first-order valence-corrected chi connectivity index (χ1v) is 11.5. The maximum Gasteiger partial charge on any atom is 0.418 e. The summed E-state index contributed by atoms with van der Waals surface area (Å²) in [6.45, 7) is 8.32. The van der Waals surface area contributed by atoms with Gasteiger partial charge in [-0.2, -0.15) is 13.2 Å². The molecule has 1 aromatic carbocycles. The molecule has 0 aliphatic heterocycles. The predicted octanol–water partition coefficient (Wildman–Crippen LogP) is 5.89. The number of aromatic hydroxyl groups is 1. The molecule has 0 bridgehead atoms. The van der Waals surface area contributed by atoms with E-state index in [0.717, 1.165) is 23.5 Å². The molecule has 0 spiro atoms. The number of alkyl carbamates (subject to hydrolysis) is 1. The SMILES string of the molecule is CC(C)[C@H](NC(=O)OC(C)(C)C)c1nc2c(C(F)(F)F)cccc2c(O)c1C(=O)Nc1nccs1. The number of hydrogen-bond donors (Lipinski definition) is 3. The van der Waals surface area contributed by atoms with Gasteiger partial charge in [0.1, 0.15) is 16.9 Å². The number of rotatable bonds is 5. The van der Waals surface area contributed by atoms with Gasteiger partial charge >= 0.3 is 12.3 Å². The van der Waals surface area contributed by atoms with E-state index in [1.165, 1.54) is 12.3 Å². The third-order valence-corrected chi connectivity index (χ3v) is 5.52. The number of carbonyl (C=O) groups is 2. The molecular formula is C23H25F3N4O4S. The molecular weight excluding hydrogens is 485 g/mol. The van der Waals surface area contributed by atoms with Gasteiger partial charge in [-0.1, -0.05) is 19.9 Å². The summed E-state index contributed by atoms with van der Waals surface area (Å²) in [4.78, 5) is 33.9. The number of alkyl halides is 3. The van der Waals surface area contributed by atoms with Crippen LogP contribution in [0.2, 0.25) is 0 Å². The molecule has 0 saturated heterocycles. The molecule has 3 aromatic rings. The number of ether oxygens (including phenoxy) is 1. The number of nitrogens with one attached hydrogen (secondary N) is 2. The molecule has 0 fully saturated rings. The fourth-order valence-electron chi connectivity index (χ4n) is 3.40. The molecule has 8 nitrogen and oxygen atoms in total. The maximum absolute atomic E-state index is 13.8. The van der Waals surface area contributed by atoms with Crippen molar-refractivity contribution in [3.8, 4) is 5.75 Å². The zero-order valence-corrected chi connectivity index (χ0v) is 20.5. The van der Waals surface area contributed by atoms with Crippen molar-refractivity contribution in [3.63, 3.8) is 0 Å². The number of halogens is 3. The number of nitrogens with zero attached hydrogens (tertiary/aromatic N) is 2. The largest absolute Gasteiger partial charge is 0.506 e. The van der Waals surface area contributed by atoms with E-state index in [2.05, 4.69) is 20.6 Å². The van der Waals surface area contributed by atoms with Crippen LogP contribution in [0.5, 0.6) is 5.75 Å². The van der Waals surface area contributed by atoms with Crippen molar-refractivity contribution in [3.05, 3.63) is 46.6 Å². The lowest BCUT2D eigenvalue weighted by Gasteiger charge is -2.27. The van der Waals surface area contributed by atoms with E-state index >= 15 is 0 Å². The highest BCUT2D eigenvalue weighted by molar-refractivity contribution is 7.13. The minimum Gasteiger partial charge on any atom is -0.506 e. The number of pyridine rings is 1. The number of para-hydroxylation sites is 1. The Labute approximate surface area is 203 Å². The summed E-state index contributed by atoms with van der Waals surface area (Å²) >= 11 is 1.12. The van der Waals surface area contributed by atoms with Crippen molar-refractivity contribution in [2.75, 3.05) is 5.32 Å². The van der Waals surface area contributed by atoms with Crippen LogP contribution in [-0.4, -0.2) is 32.7 Å². The molecule has 0 saturated carbocycles. The van der Waals surface area contributed by atoms with E-state index in [9.17, 15) is 27.9 Å². The van der Waals surface area contributed by atoms with Gasteiger partial charge in [-0.3, -0.25) is 10.1 Å². The van der Waals surface area contributed by atoms with E-state index in [4.69, 9.17) is 4.74 Å². The molecule has 3 rings (SSSR count). The zero-order valence-electron chi connectivity index (χ0n) is 19.6. The molecule has 1 atom stereocenters. The molecule has 35 heavy (non-hydrogen) atoms. The minimum absolute atomic E-state index is 0.214. The topological polar surface area (TPSA) is 113 Å². The van der Waals surface area contributed by atoms with Gasteiger partial charge in [0.25, 0.3) is 5.91 Å². The smallest absolute Gasteiger partial charge is 0.418 e. The van der Waals surface area contributed by atoms with Gasteiger partial charge in [0, 0.05) is 17.0 Å². The molecule has 188 valence electrons. The third-order valence-electron chi connectivity index (χ3n) is 4.84. The summed E-state index contributed by atoms with van der Waals surface area (Å²) < 4.78 is 46.5. The van der Waals surface area contributed by atoms with Crippen LogP contribution >= 0.6 is 11.3 Å². The highest BCUT2D eigenvalue weighted by atomic mass is 32.1. The number of fused-ring (bicyclic) bond motifs is 1. The van der Waals surface area contributed by atoms with Gasteiger partial charge in [-0.15, -0.1) is 11.3 Å². The number of carbonyl (C=O) groups excluding carboxylic acids is 2. The van der Waals surface area contributed by atoms with Gasteiger partial charge in [-0.05, 0) is 38.8 Å². The van der Waals surface area contributed by atoms with Crippen LogP contribution in [-0.2, 0) is 10.9 Å². The molecule has 3 N–H and O–H groups in total. The summed E-state index contributed by atoms with van der Waals surface area (Å²) in [5.41, 5.74) is -3.09. The second-order valence-corrected chi connectivity index (χ2v) is 9.97. The van der Waals surface area contributed by atoms with Gasteiger partial charge < -0.3 is 15.2 Å². The minimum atomic E-state index is -4.77. The van der Waals surface area contributed by atoms with Crippen LogP contribution in [0, 0.1) is 5.92 Å². The molecule has 2 heterocycles. The Morgan fingerprint density at radius 3 is 2.40 bits per heavy atom. The molecule has 2 aromatic heterocycles. The van der Waals surface area contributed by atoms with Crippen LogP contribution in [0.3, 0.4) is 0 Å². The van der Waals surface area contributed by atoms with Gasteiger partial charge in [-0.25, -0.2) is 14.8 Å². The first-order valence-electron chi connectivity index (χ1n) is 10.6. The standard InChI is InChI=1S/C23H25F3N4O4S/c1-11(2)15(29-21(33)34-22(3,4)5)17-14(19(32)30-20-27-9-10-35-20)18(31)12-7-6-8-13(16(12)28-17)23(24,25)26/h6-11,15H,1-5H3,(H,28,31)(H,29,33)(H,27,30,32)/t15-/m0/s1. The molecule has 0 aliphatic rings. The lowest BCUT2D eigenvalue weighted by Crippen LogP contribution is -2.38. The second kappa shape index (κ2) is 9.68. The maximum atomic E-state index is 13.8. The van der Waals surface area contributed by atoms with E-state index in [1.807, 2.05) is 0 Å². The Morgan fingerprint density at radius 2 is 1.86 bits per heavy atom. The molecule has 0 unspecified atom stereocenters. The summed E-state index contributed by atoms with van der Waals surface area (Å²) in [6, 6.07) is 2.12. The van der Waals surface area contributed by atoms with E-state index in [-0.39, 0.29) is 21.8 Å². The van der Waals surface area contributed by atoms with Gasteiger partial charge in [0.15, 0.2) is 5.13 Å². The fraction of sp³-hybridized carbons (Fsp3) is 0.391. The van der Waals surface area contributed by atoms with Crippen molar-refractivity contribution in [1.29, 1.82) is 0 Å². The van der Waals surface area contributed by atoms with E-state index in [0.29, 0.717) is 0 Å². The lowest BCUT2D eigenvalue weighted by molar-refractivity contribution is -0.136. The number of anilines is 1. The van der Waals surface area contributed by atoms with Crippen LogP contribution in [0.4, 0.5) is 23.1 Å². The van der Waals surface area contributed by atoms with Crippen molar-refractivity contribution in [2.45, 2.75) is 52.4 Å². The molecule has 12 heteroatoms. The predicted molar refractivity (Wildman–Crippen MR) is 125 cm³/mol. The Kier molecular flexibility index (Phi) is 7.25. The average Bonchev–Trinajstić information content (AvgIpc) is 3.22. The fourth-order valence-corrected chi connectivity index (χ4v) is 3.92. The van der Waals surface area contributed by atoms with Crippen molar-refractivity contribution in [2.24, 2.45) is 5.92 Å². The Bertz CT molecular complexity index is 1240. The molecule has 2 amide bonds. The summed E-state index contributed by atoms with van der Waals surface area (Å²) in [5, 5.41) is 17.7. The van der Waals surface area contributed by atoms with Crippen LogP contribution in [0.25, 0.3) is 10.9 Å². The Balaban J connectivity index is 2.25. The highest BCUT2D eigenvalue weighted by Gasteiger charge is 2.36. The quantitative estimate of drug-likeness (QED) is 0.395. The lowest BCUT2D eigenvalue weighted by atomic mass is 9.93. The molecule has 0 radical (unpaired) electrons.